The highest BCUT2D eigenvalue weighted by molar-refractivity contribution is 5.77. The zero-order valence-corrected chi connectivity index (χ0v) is 15.8. The maximum atomic E-state index is 11.9. The first-order valence-electron chi connectivity index (χ1n) is 9.35. The summed E-state index contributed by atoms with van der Waals surface area (Å²) < 4.78 is 0. The van der Waals surface area contributed by atoms with E-state index in [1.807, 2.05) is 25.9 Å². The van der Waals surface area contributed by atoms with Crippen molar-refractivity contribution in [2.24, 2.45) is 5.92 Å². The van der Waals surface area contributed by atoms with Crippen LogP contribution in [0.2, 0.25) is 0 Å². The molecule has 2 saturated heterocycles. The lowest BCUT2D eigenvalue weighted by atomic mass is 9.95. The quantitative estimate of drug-likeness (QED) is 0.741. The summed E-state index contributed by atoms with van der Waals surface area (Å²) in [6.07, 6.45) is 2.87. The average molecular weight is 338 g/mol. The molecule has 6 nitrogen and oxygen atoms in total. The number of carbonyl (C=O) groups excluding carboxylic acids is 2. The number of hydrogen-bond donors (Lipinski definition) is 0. The highest BCUT2D eigenvalue weighted by atomic mass is 16.2. The number of nitrogens with zero attached hydrogens (tertiary/aromatic N) is 4. The van der Waals surface area contributed by atoms with Gasteiger partial charge in [-0.3, -0.25) is 14.5 Å². The number of amides is 2. The molecule has 2 rings (SSSR count). The summed E-state index contributed by atoms with van der Waals surface area (Å²) in [6.45, 7) is 10.7. The molecule has 138 valence electrons. The van der Waals surface area contributed by atoms with Crippen LogP contribution < -0.4 is 0 Å². The summed E-state index contributed by atoms with van der Waals surface area (Å²) in [4.78, 5) is 32.2. The number of piperidine rings is 1. The molecular weight excluding hydrogens is 304 g/mol. The van der Waals surface area contributed by atoms with Crippen LogP contribution in [0.3, 0.4) is 0 Å². The molecule has 2 fully saturated rings. The van der Waals surface area contributed by atoms with Crippen LogP contribution in [0.5, 0.6) is 0 Å². The summed E-state index contributed by atoms with van der Waals surface area (Å²) in [5, 5.41) is 0. The monoisotopic (exact) mass is 338 g/mol. The van der Waals surface area contributed by atoms with Crippen molar-refractivity contribution in [2.45, 2.75) is 39.2 Å². The second kappa shape index (κ2) is 8.81. The summed E-state index contributed by atoms with van der Waals surface area (Å²) in [5.41, 5.74) is 0. The van der Waals surface area contributed by atoms with Gasteiger partial charge in [0.1, 0.15) is 0 Å². The predicted molar refractivity (Wildman–Crippen MR) is 95.8 cm³/mol. The molecule has 0 radical (unpaired) electrons. The van der Waals surface area contributed by atoms with Crippen molar-refractivity contribution < 1.29 is 9.59 Å². The molecule has 0 aromatic carbocycles. The van der Waals surface area contributed by atoms with Gasteiger partial charge in [-0.2, -0.15) is 0 Å². The largest absolute Gasteiger partial charge is 0.348 e. The number of piperazine rings is 1. The number of likely N-dealkylation sites (tertiary alicyclic amines) is 1. The Kier molecular flexibility index (Phi) is 7.04. The first-order valence-corrected chi connectivity index (χ1v) is 9.35. The van der Waals surface area contributed by atoms with E-state index in [-0.39, 0.29) is 5.91 Å². The van der Waals surface area contributed by atoms with Crippen molar-refractivity contribution in [3.63, 3.8) is 0 Å². The molecule has 0 bridgehead atoms. The molecule has 0 aliphatic carbocycles. The van der Waals surface area contributed by atoms with Crippen LogP contribution in [0.4, 0.5) is 0 Å². The number of likely N-dealkylation sites (N-methyl/N-ethyl adjacent to an activating group) is 1. The Hall–Kier alpha value is -1.14. The standard InChI is InChI=1S/C18H34N4O2/c1-5-17(23)21-8-6-16(7-9-21)13-20-10-11-22(15(2)12-20)14-18(24)19(3)4/h15-16H,5-14H2,1-4H3/t15-/m1/s1. The van der Waals surface area contributed by atoms with Crippen LogP contribution in [0.1, 0.15) is 33.1 Å². The van der Waals surface area contributed by atoms with Crippen LogP contribution >= 0.6 is 0 Å². The smallest absolute Gasteiger partial charge is 0.236 e. The minimum absolute atomic E-state index is 0.184. The summed E-state index contributed by atoms with van der Waals surface area (Å²) in [7, 11) is 3.64. The lowest BCUT2D eigenvalue weighted by Crippen LogP contribution is -2.55. The molecule has 24 heavy (non-hydrogen) atoms. The summed E-state index contributed by atoms with van der Waals surface area (Å²) in [6, 6.07) is 0.421. The highest BCUT2D eigenvalue weighted by Crippen LogP contribution is 2.20. The fourth-order valence-electron chi connectivity index (χ4n) is 3.74. The van der Waals surface area contributed by atoms with Gasteiger partial charge in [-0.15, -0.1) is 0 Å². The molecule has 2 amide bonds. The Bertz CT molecular complexity index is 433. The molecule has 0 aromatic heterocycles. The fourth-order valence-corrected chi connectivity index (χ4v) is 3.74. The lowest BCUT2D eigenvalue weighted by molar-refractivity contribution is -0.133. The fraction of sp³-hybridized carbons (Fsp3) is 0.889. The Morgan fingerprint density at radius 3 is 2.29 bits per heavy atom. The Morgan fingerprint density at radius 2 is 1.75 bits per heavy atom. The predicted octanol–water partition coefficient (Wildman–Crippen LogP) is 0.729. The van der Waals surface area contributed by atoms with E-state index in [2.05, 4.69) is 16.7 Å². The van der Waals surface area contributed by atoms with Crippen LogP contribution in [-0.4, -0.2) is 97.4 Å². The molecule has 0 spiro atoms. The van der Waals surface area contributed by atoms with Gasteiger partial charge in [0.2, 0.25) is 11.8 Å². The SMILES string of the molecule is CCC(=O)N1CCC(CN2CCN(CC(=O)N(C)C)[C@H](C)C2)CC1. The van der Waals surface area contributed by atoms with Crippen LogP contribution in [0.25, 0.3) is 0 Å². The maximum Gasteiger partial charge on any atom is 0.236 e. The van der Waals surface area contributed by atoms with Gasteiger partial charge >= 0.3 is 0 Å². The molecule has 6 heteroatoms. The van der Waals surface area contributed by atoms with Gasteiger partial charge in [0.05, 0.1) is 6.54 Å². The molecule has 0 saturated carbocycles. The van der Waals surface area contributed by atoms with Gasteiger partial charge in [-0.05, 0) is 25.7 Å². The van der Waals surface area contributed by atoms with E-state index in [1.54, 1.807) is 4.90 Å². The van der Waals surface area contributed by atoms with Crippen molar-refractivity contribution in [1.29, 1.82) is 0 Å². The lowest BCUT2D eigenvalue weighted by Gasteiger charge is -2.42. The highest BCUT2D eigenvalue weighted by Gasteiger charge is 2.28. The third-order valence-electron chi connectivity index (χ3n) is 5.47. The second-order valence-electron chi connectivity index (χ2n) is 7.54. The van der Waals surface area contributed by atoms with Gasteiger partial charge in [0.25, 0.3) is 0 Å². The Balaban J connectivity index is 1.73. The Morgan fingerprint density at radius 1 is 1.08 bits per heavy atom. The average Bonchev–Trinajstić information content (AvgIpc) is 2.57. The van der Waals surface area contributed by atoms with E-state index >= 15 is 0 Å². The van der Waals surface area contributed by atoms with Gasteiger partial charge in [0, 0.05) is 65.8 Å². The van der Waals surface area contributed by atoms with Crippen LogP contribution in [0, 0.1) is 5.92 Å². The number of carbonyl (C=O) groups is 2. The minimum Gasteiger partial charge on any atom is -0.348 e. The van der Waals surface area contributed by atoms with Crippen LogP contribution in [0.15, 0.2) is 0 Å². The van der Waals surface area contributed by atoms with E-state index in [1.165, 1.54) is 0 Å². The van der Waals surface area contributed by atoms with E-state index in [0.29, 0.717) is 30.8 Å². The molecule has 2 aliphatic rings. The zero-order chi connectivity index (χ0) is 17.7. The van der Waals surface area contributed by atoms with Crippen molar-refractivity contribution >= 4 is 11.8 Å². The second-order valence-corrected chi connectivity index (χ2v) is 7.54. The van der Waals surface area contributed by atoms with Crippen molar-refractivity contribution in [3.05, 3.63) is 0 Å². The van der Waals surface area contributed by atoms with Crippen LogP contribution in [-0.2, 0) is 9.59 Å². The number of rotatable bonds is 5. The van der Waals surface area contributed by atoms with E-state index < -0.39 is 0 Å². The zero-order valence-electron chi connectivity index (χ0n) is 15.8. The van der Waals surface area contributed by atoms with Crippen molar-refractivity contribution in [3.8, 4) is 0 Å². The van der Waals surface area contributed by atoms with Gasteiger partial charge in [0.15, 0.2) is 0 Å². The first kappa shape index (κ1) is 19.2. The third kappa shape index (κ3) is 5.18. The molecule has 2 heterocycles. The summed E-state index contributed by atoms with van der Waals surface area (Å²) >= 11 is 0. The van der Waals surface area contributed by atoms with E-state index in [0.717, 1.165) is 52.1 Å². The normalized spacial score (nSPS) is 24.2. The Labute approximate surface area is 146 Å². The molecule has 0 aromatic rings. The van der Waals surface area contributed by atoms with Crippen molar-refractivity contribution in [2.75, 3.05) is 59.9 Å². The van der Waals surface area contributed by atoms with E-state index in [4.69, 9.17) is 0 Å². The minimum atomic E-state index is 0.184. The van der Waals surface area contributed by atoms with Gasteiger partial charge in [-0.1, -0.05) is 6.92 Å². The molecule has 1 atom stereocenters. The molecular formula is C18H34N4O2. The summed E-state index contributed by atoms with van der Waals surface area (Å²) in [5.74, 6) is 1.18. The first-order chi connectivity index (χ1) is 11.4. The van der Waals surface area contributed by atoms with Gasteiger partial charge < -0.3 is 14.7 Å². The maximum absolute atomic E-state index is 11.9. The molecule has 2 aliphatic heterocycles. The molecule has 0 unspecified atom stereocenters. The van der Waals surface area contributed by atoms with Crippen molar-refractivity contribution in [1.82, 2.24) is 19.6 Å². The molecule has 0 N–H and O–H groups in total. The van der Waals surface area contributed by atoms with Gasteiger partial charge in [-0.25, -0.2) is 0 Å². The number of hydrogen-bond acceptors (Lipinski definition) is 4. The topological polar surface area (TPSA) is 47.1 Å². The van der Waals surface area contributed by atoms with E-state index in [9.17, 15) is 9.59 Å². The third-order valence-corrected chi connectivity index (χ3v) is 5.47.